The Kier molecular flexibility index (Phi) is 5.62. The van der Waals surface area contributed by atoms with Gasteiger partial charge in [0.2, 0.25) is 10.9 Å². The van der Waals surface area contributed by atoms with E-state index in [0.717, 1.165) is 34.7 Å². The summed E-state index contributed by atoms with van der Waals surface area (Å²) in [6.45, 7) is -0.774. The van der Waals surface area contributed by atoms with Crippen molar-refractivity contribution < 1.29 is 44.3 Å². The van der Waals surface area contributed by atoms with Crippen LogP contribution in [-0.4, -0.2) is 57.0 Å². The molecule has 1 aliphatic heterocycles. The number of nitrogens with zero attached hydrogens (tertiary/aromatic N) is 2. The van der Waals surface area contributed by atoms with Gasteiger partial charge in [-0.3, -0.25) is 4.31 Å². The van der Waals surface area contributed by atoms with Crippen LogP contribution in [0.25, 0.3) is 0 Å². The Morgan fingerprint density at radius 1 is 1.07 bits per heavy atom. The van der Waals surface area contributed by atoms with Gasteiger partial charge in [-0.15, -0.1) is 0 Å². The fourth-order valence-corrected chi connectivity index (χ4v) is 4.12. The lowest BCUT2D eigenvalue weighted by Crippen LogP contribution is -2.62. The minimum Gasteiger partial charge on any atom is -0.426 e. The van der Waals surface area contributed by atoms with Crippen molar-refractivity contribution in [3.05, 3.63) is 29.3 Å². The number of likely N-dealkylation sites (tertiary alicyclic amines) is 1. The third-order valence-electron chi connectivity index (χ3n) is 4.80. The highest BCUT2D eigenvalue weighted by Crippen LogP contribution is 2.37. The second-order valence-electron chi connectivity index (χ2n) is 6.79. The van der Waals surface area contributed by atoms with Crippen LogP contribution in [-0.2, 0) is 28.5 Å². The lowest BCUT2D eigenvalue weighted by Gasteiger charge is -2.43. The van der Waals surface area contributed by atoms with E-state index in [1.54, 1.807) is 18.2 Å². The van der Waals surface area contributed by atoms with Crippen molar-refractivity contribution in [3.8, 4) is 0 Å². The van der Waals surface area contributed by atoms with Crippen LogP contribution in [0.2, 0.25) is 0 Å². The summed E-state index contributed by atoms with van der Waals surface area (Å²) in [7, 11) is -3.14. The molecule has 1 aliphatic carbocycles. The van der Waals surface area contributed by atoms with E-state index in [1.807, 2.05) is 0 Å². The van der Waals surface area contributed by atoms with Gasteiger partial charge in [0, 0.05) is 13.1 Å². The molecular weight excluding hydrogens is 430 g/mol. The predicted octanol–water partition coefficient (Wildman–Crippen LogP) is 2.82. The van der Waals surface area contributed by atoms with E-state index in [9.17, 15) is 39.6 Å². The van der Waals surface area contributed by atoms with Crippen LogP contribution in [0.15, 0.2) is 18.2 Å². The van der Waals surface area contributed by atoms with Crippen molar-refractivity contribution in [2.75, 3.05) is 17.4 Å². The van der Waals surface area contributed by atoms with E-state index < -0.39 is 41.5 Å². The zero-order valence-corrected chi connectivity index (χ0v) is 15.6. The monoisotopic (exact) mass is 446 g/mol. The van der Waals surface area contributed by atoms with Crippen molar-refractivity contribution in [2.24, 2.45) is 0 Å². The number of carbonyl (C=O) groups is 1. The van der Waals surface area contributed by atoms with E-state index in [4.69, 9.17) is 0 Å². The summed E-state index contributed by atoms with van der Waals surface area (Å²) in [6, 6.07) is 4.25. The summed E-state index contributed by atoms with van der Waals surface area (Å²) in [6.07, 6.45) is -15.1. The number of amides is 1. The maximum absolute atomic E-state index is 12.5. The summed E-state index contributed by atoms with van der Waals surface area (Å²) in [5.74, 6) is 0. The molecule has 1 aromatic rings. The average molecular weight is 446 g/mol. The molecule has 1 heterocycles. The number of hydrogen-bond acceptors (Lipinski definition) is 4. The van der Waals surface area contributed by atoms with Gasteiger partial charge in [0.05, 0.1) is 11.7 Å². The number of hydrogen-bond donors (Lipinski definition) is 1. The third kappa shape index (κ3) is 4.54. The molecule has 0 N–H and O–H groups in total. The predicted molar refractivity (Wildman–Crippen MR) is 89.0 cm³/mol. The van der Waals surface area contributed by atoms with Crippen molar-refractivity contribution in [3.63, 3.8) is 0 Å². The molecule has 3 rings (SSSR count). The summed E-state index contributed by atoms with van der Waals surface area (Å²) in [5.41, 5.74) is 2.42. The minimum absolute atomic E-state index is 0.336. The van der Waals surface area contributed by atoms with Crippen LogP contribution in [0.5, 0.6) is 0 Å². The number of rotatable bonds is 4. The molecule has 0 saturated carbocycles. The first-order valence-electron chi connectivity index (χ1n) is 8.52. The number of carbonyl (C=O) groups excluding carboxylic acids is 1. The van der Waals surface area contributed by atoms with E-state index in [0.29, 0.717) is 10.6 Å². The normalized spacial score (nSPS) is 17.4. The maximum atomic E-state index is 12.5. The summed E-state index contributed by atoms with van der Waals surface area (Å²) >= 11 is 0. The zero-order valence-electron chi connectivity index (χ0n) is 14.7. The molecule has 0 spiro atoms. The third-order valence-corrected chi connectivity index (χ3v) is 5.71. The van der Waals surface area contributed by atoms with Gasteiger partial charge in [-0.1, -0.05) is 6.07 Å². The summed E-state index contributed by atoms with van der Waals surface area (Å²) < 4.78 is 103. The van der Waals surface area contributed by atoms with E-state index >= 15 is 0 Å². The van der Waals surface area contributed by atoms with Gasteiger partial charge in [0.1, 0.15) is 0 Å². The van der Waals surface area contributed by atoms with Crippen LogP contribution >= 0.6 is 0 Å². The van der Waals surface area contributed by atoms with Gasteiger partial charge in [-0.2, -0.15) is 26.3 Å². The molecule has 0 aromatic heterocycles. The van der Waals surface area contributed by atoms with Gasteiger partial charge in [0.15, 0.2) is 0 Å². The van der Waals surface area contributed by atoms with Crippen molar-refractivity contribution in [1.82, 2.24) is 4.90 Å². The van der Waals surface area contributed by atoms with Gasteiger partial charge >= 0.3 is 18.4 Å². The second-order valence-corrected chi connectivity index (χ2v) is 7.70. The molecular formula is C16H16F6N2O4S. The fraction of sp³-hybridized carbons (Fsp3) is 0.562. The van der Waals surface area contributed by atoms with Crippen LogP contribution in [0, 0.1) is 0 Å². The Hall–Kier alpha value is -2.18. The van der Waals surface area contributed by atoms with E-state index in [2.05, 4.69) is 4.74 Å². The molecule has 0 radical (unpaired) electrons. The number of alkyl halides is 6. The second kappa shape index (κ2) is 7.58. The molecule has 1 saturated heterocycles. The van der Waals surface area contributed by atoms with Crippen LogP contribution < -0.4 is 4.31 Å². The quantitative estimate of drug-likeness (QED) is 0.571. The summed E-state index contributed by atoms with van der Waals surface area (Å²) in [5, 5.41) is 0. The largest absolute Gasteiger partial charge is 0.434 e. The molecule has 2 aliphatic rings. The minimum atomic E-state index is -5.81. The first kappa shape index (κ1) is 21.5. The Morgan fingerprint density at radius 2 is 1.66 bits per heavy atom. The molecule has 162 valence electrons. The SMILES string of the molecule is O=C(OC(C(F)(F)F)C(F)(F)F)N1CC(N(c2ccc3c(c2)CCC3)[SH](=O)=O)C1. The van der Waals surface area contributed by atoms with Crippen molar-refractivity contribution in [1.29, 1.82) is 0 Å². The summed E-state index contributed by atoms with van der Waals surface area (Å²) in [4.78, 5) is 12.3. The number of thiol groups is 1. The smallest absolute Gasteiger partial charge is 0.426 e. The Balaban J connectivity index is 1.67. The lowest BCUT2D eigenvalue weighted by molar-refractivity contribution is -0.308. The number of aryl methyl sites for hydroxylation is 2. The van der Waals surface area contributed by atoms with Crippen LogP contribution in [0.1, 0.15) is 17.5 Å². The molecule has 0 bridgehead atoms. The number of anilines is 1. The molecule has 13 heteroatoms. The number of ether oxygens (including phenoxy) is 1. The zero-order chi connectivity index (χ0) is 21.6. The molecule has 6 nitrogen and oxygen atoms in total. The average Bonchev–Trinajstić information content (AvgIpc) is 3.00. The van der Waals surface area contributed by atoms with Crippen molar-refractivity contribution in [2.45, 2.75) is 43.8 Å². The van der Waals surface area contributed by atoms with Gasteiger partial charge in [-0.05, 0) is 42.5 Å². The molecule has 0 atom stereocenters. The molecule has 0 unspecified atom stereocenters. The van der Waals surface area contributed by atoms with E-state index in [1.165, 1.54) is 0 Å². The first-order valence-corrected chi connectivity index (χ1v) is 9.65. The Bertz CT molecular complexity index is 842. The Morgan fingerprint density at radius 3 is 2.21 bits per heavy atom. The topological polar surface area (TPSA) is 66.9 Å². The number of fused-ring (bicyclic) bond motifs is 1. The van der Waals surface area contributed by atoms with Crippen LogP contribution in [0.4, 0.5) is 36.8 Å². The highest BCUT2D eigenvalue weighted by atomic mass is 32.2. The first-order chi connectivity index (χ1) is 13.4. The molecule has 1 amide bonds. The van der Waals surface area contributed by atoms with Gasteiger partial charge in [0.25, 0.3) is 6.10 Å². The Labute approximate surface area is 163 Å². The maximum Gasteiger partial charge on any atom is 0.434 e. The van der Waals surface area contributed by atoms with Crippen molar-refractivity contribution >= 4 is 22.7 Å². The molecule has 29 heavy (non-hydrogen) atoms. The van der Waals surface area contributed by atoms with Gasteiger partial charge < -0.3 is 9.64 Å². The highest BCUT2D eigenvalue weighted by Gasteiger charge is 2.60. The lowest BCUT2D eigenvalue weighted by atomic mass is 10.1. The van der Waals surface area contributed by atoms with Crippen LogP contribution in [0.3, 0.4) is 0 Å². The van der Waals surface area contributed by atoms with E-state index in [-0.39, 0.29) is 13.1 Å². The number of halogens is 6. The highest BCUT2D eigenvalue weighted by molar-refractivity contribution is 7.74. The molecule has 1 fully saturated rings. The standard InChI is InChI=1S/C16H16F6N2O4S/c17-15(18,19)13(16(20,21)22)28-14(25)23-7-12(8-23)24(29(26)27)11-5-4-9-2-1-3-10(9)6-11/h4-6,12-13,29H,1-3,7-8H2. The molecule has 1 aromatic carbocycles. The van der Waals surface area contributed by atoms with Gasteiger partial charge in [-0.25, -0.2) is 13.2 Å². The fourth-order valence-electron chi connectivity index (χ4n) is 3.39. The number of benzene rings is 1.